The third-order valence-corrected chi connectivity index (χ3v) is 5.97. The van der Waals surface area contributed by atoms with Gasteiger partial charge in [-0.1, -0.05) is 23.5 Å². The summed E-state index contributed by atoms with van der Waals surface area (Å²) in [5.41, 5.74) is 0.892. The number of benzene rings is 1. The Balaban J connectivity index is 1.25. The molecule has 2 aliphatic rings. The SMILES string of the molecule is Cc1nnc(N2CCN(C(=O)CCCN3C(=O)c4ccccc4C3=O)CC2)s1. The normalized spacial score (nSPS) is 16.7. The van der Waals surface area contributed by atoms with Crippen molar-refractivity contribution >= 4 is 34.2 Å². The molecule has 0 spiro atoms. The smallest absolute Gasteiger partial charge is 0.261 e. The van der Waals surface area contributed by atoms with E-state index in [1.54, 1.807) is 35.6 Å². The van der Waals surface area contributed by atoms with Crippen molar-refractivity contribution < 1.29 is 14.4 Å². The molecule has 2 aromatic rings. The quantitative estimate of drug-likeness (QED) is 0.710. The summed E-state index contributed by atoms with van der Waals surface area (Å²) in [5.74, 6) is -0.479. The Morgan fingerprint density at radius 2 is 1.68 bits per heavy atom. The van der Waals surface area contributed by atoms with Crippen LogP contribution in [0.4, 0.5) is 5.13 Å². The first-order valence-corrected chi connectivity index (χ1v) is 10.1. The molecule has 0 bridgehead atoms. The Morgan fingerprint density at radius 1 is 1.04 bits per heavy atom. The molecular weight excluding hydrogens is 378 g/mol. The van der Waals surface area contributed by atoms with Crippen molar-refractivity contribution in [1.29, 1.82) is 0 Å². The highest BCUT2D eigenvalue weighted by atomic mass is 32.1. The Kier molecular flexibility index (Phi) is 5.08. The second-order valence-corrected chi connectivity index (χ2v) is 8.04. The molecule has 28 heavy (non-hydrogen) atoms. The van der Waals surface area contributed by atoms with Crippen molar-refractivity contribution in [1.82, 2.24) is 20.0 Å². The van der Waals surface area contributed by atoms with Gasteiger partial charge in [0.1, 0.15) is 5.01 Å². The summed E-state index contributed by atoms with van der Waals surface area (Å²) < 4.78 is 0. The summed E-state index contributed by atoms with van der Waals surface area (Å²) in [6, 6.07) is 6.83. The average Bonchev–Trinajstić information content (AvgIpc) is 3.25. The van der Waals surface area contributed by atoms with Crippen LogP contribution in [0.25, 0.3) is 0 Å². The van der Waals surface area contributed by atoms with E-state index >= 15 is 0 Å². The maximum Gasteiger partial charge on any atom is 0.261 e. The predicted octanol–water partition coefficient (Wildman–Crippen LogP) is 1.57. The number of carbonyl (C=O) groups is 3. The van der Waals surface area contributed by atoms with Crippen molar-refractivity contribution in [2.24, 2.45) is 0 Å². The maximum atomic E-state index is 12.5. The van der Waals surface area contributed by atoms with Crippen LogP contribution >= 0.6 is 11.3 Å². The van der Waals surface area contributed by atoms with E-state index in [1.807, 2.05) is 11.8 Å². The number of fused-ring (bicyclic) bond motifs is 1. The fourth-order valence-corrected chi connectivity index (χ4v) is 4.29. The lowest BCUT2D eigenvalue weighted by molar-refractivity contribution is -0.131. The van der Waals surface area contributed by atoms with Gasteiger partial charge in [0, 0.05) is 39.1 Å². The van der Waals surface area contributed by atoms with Crippen LogP contribution in [0.1, 0.15) is 38.6 Å². The number of anilines is 1. The molecule has 1 saturated heterocycles. The van der Waals surface area contributed by atoms with E-state index < -0.39 is 0 Å². The standard InChI is InChI=1S/C19H21N5O3S/c1-13-20-21-19(28-13)23-11-9-22(10-12-23)16(25)7-4-8-24-17(26)14-5-2-3-6-15(14)18(24)27/h2-3,5-6H,4,7-12H2,1H3. The predicted molar refractivity (Wildman–Crippen MR) is 104 cm³/mol. The van der Waals surface area contributed by atoms with Crippen molar-refractivity contribution in [3.8, 4) is 0 Å². The number of imide groups is 1. The third kappa shape index (κ3) is 3.49. The summed E-state index contributed by atoms with van der Waals surface area (Å²) in [6.07, 6.45) is 0.797. The van der Waals surface area contributed by atoms with Gasteiger partial charge in [0.05, 0.1) is 11.1 Å². The molecule has 9 heteroatoms. The van der Waals surface area contributed by atoms with Crippen LogP contribution in [0.2, 0.25) is 0 Å². The zero-order chi connectivity index (χ0) is 19.7. The molecule has 146 valence electrons. The summed E-state index contributed by atoms with van der Waals surface area (Å²) in [5, 5.41) is 10.0. The largest absolute Gasteiger partial charge is 0.343 e. The van der Waals surface area contributed by atoms with E-state index in [0.717, 1.165) is 23.2 Å². The fourth-order valence-electron chi connectivity index (χ4n) is 3.55. The average molecular weight is 399 g/mol. The van der Waals surface area contributed by atoms with Gasteiger partial charge in [0.25, 0.3) is 11.8 Å². The highest BCUT2D eigenvalue weighted by Crippen LogP contribution is 2.23. The van der Waals surface area contributed by atoms with E-state index in [-0.39, 0.29) is 24.3 Å². The molecule has 1 aromatic heterocycles. The zero-order valence-electron chi connectivity index (χ0n) is 15.6. The third-order valence-electron chi connectivity index (χ3n) is 5.07. The van der Waals surface area contributed by atoms with E-state index in [4.69, 9.17) is 0 Å². The molecule has 3 heterocycles. The Morgan fingerprint density at radius 3 is 2.25 bits per heavy atom. The van der Waals surface area contributed by atoms with Crippen molar-refractivity contribution in [3.05, 3.63) is 40.4 Å². The molecule has 3 amide bonds. The summed E-state index contributed by atoms with van der Waals surface area (Å²) in [6.45, 7) is 4.95. The van der Waals surface area contributed by atoms with Gasteiger partial charge in [-0.15, -0.1) is 10.2 Å². The molecule has 0 unspecified atom stereocenters. The van der Waals surface area contributed by atoms with Gasteiger partial charge in [-0.05, 0) is 25.5 Å². The lowest BCUT2D eigenvalue weighted by atomic mass is 10.1. The minimum atomic E-state index is -0.269. The number of hydrogen-bond acceptors (Lipinski definition) is 7. The van der Waals surface area contributed by atoms with Crippen molar-refractivity contribution in [3.63, 3.8) is 0 Å². The lowest BCUT2D eigenvalue weighted by Crippen LogP contribution is -2.48. The molecule has 2 aliphatic heterocycles. The van der Waals surface area contributed by atoms with Gasteiger partial charge in [0.2, 0.25) is 11.0 Å². The van der Waals surface area contributed by atoms with Crippen LogP contribution in [-0.4, -0.2) is 70.4 Å². The van der Waals surface area contributed by atoms with Gasteiger partial charge < -0.3 is 9.80 Å². The van der Waals surface area contributed by atoms with E-state index in [2.05, 4.69) is 15.1 Å². The first-order valence-electron chi connectivity index (χ1n) is 9.32. The molecule has 0 radical (unpaired) electrons. The number of rotatable bonds is 5. The molecule has 1 fully saturated rings. The highest BCUT2D eigenvalue weighted by Gasteiger charge is 2.34. The minimum absolute atomic E-state index is 0.0599. The second-order valence-electron chi connectivity index (χ2n) is 6.88. The molecule has 0 atom stereocenters. The highest BCUT2D eigenvalue weighted by molar-refractivity contribution is 7.15. The number of amides is 3. The van der Waals surface area contributed by atoms with Crippen LogP contribution < -0.4 is 4.90 Å². The molecule has 1 aromatic carbocycles. The molecule has 4 rings (SSSR count). The van der Waals surface area contributed by atoms with Crippen LogP contribution in [0, 0.1) is 6.92 Å². The molecule has 0 aliphatic carbocycles. The lowest BCUT2D eigenvalue weighted by Gasteiger charge is -2.34. The van der Waals surface area contributed by atoms with Crippen LogP contribution in [0.5, 0.6) is 0 Å². The summed E-state index contributed by atoms with van der Waals surface area (Å²) >= 11 is 1.56. The number of piperazine rings is 1. The van der Waals surface area contributed by atoms with Crippen molar-refractivity contribution in [2.45, 2.75) is 19.8 Å². The van der Waals surface area contributed by atoms with Gasteiger partial charge in [-0.3, -0.25) is 19.3 Å². The maximum absolute atomic E-state index is 12.5. The number of carbonyl (C=O) groups excluding carboxylic acids is 3. The Bertz CT molecular complexity index is 885. The fraction of sp³-hybridized carbons (Fsp3) is 0.421. The van der Waals surface area contributed by atoms with Gasteiger partial charge in [-0.25, -0.2) is 0 Å². The molecule has 8 nitrogen and oxygen atoms in total. The first-order chi connectivity index (χ1) is 13.5. The van der Waals surface area contributed by atoms with Crippen LogP contribution in [0.3, 0.4) is 0 Å². The Labute approximate surface area is 166 Å². The number of hydrogen-bond donors (Lipinski definition) is 0. The monoisotopic (exact) mass is 399 g/mol. The second kappa shape index (κ2) is 7.67. The molecule has 0 saturated carbocycles. The number of aryl methyl sites for hydroxylation is 1. The number of nitrogens with zero attached hydrogens (tertiary/aromatic N) is 5. The van der Waals surface area contributed by atoms with Gasteiger partial charge in [0.15, 0.2) is 0 Å². The Hall–Kier alpha value is -2.81. The van der Waals surface area contributed by atoms with E-state index in [0.29, 0.717) is 37.1 Å². The van der Waals surface area contributed by atoms with Crippen molar-refractivity contribution in [2.75, 3.05) is 37.6 Å². The van der Waals surface area contributed by atoms with Crippen LogP contribution in [-0.2, 0) is 4.79 Å². The van der Waals surface area contributed by atoms with Gasteiger partial charge >= 0.3 is 0 Å². The van der Waals surface area contributed by atoms with Gasteiger partial charge in [-0.2, -0.15) is 0 Å². The topological polar surface area (TPSA) is 86.7 Å². The zero-order valence-corrected chi connectivity index (χ0v) is 16.4. The number of aromatic nitrogens is 2. The van der Waals surface area contributed by atoms with E-state index in [1.165, 1.54) is 4.90 Å². The summed E-state index contributed by atoms with van der Waals surface area (Å²) in [4.78, 5) is 42.4. The molecular formula is C19H21N5O3S. The molecule has 0 N–H and O–H groups in total. The van der Waals surface area contributed by atoms with E-state index in [9.17, 15) is 14.4 Å². The van der Waals surface area contributed by atoms with Crippen LogP contribution in [0.15, 0.2) is 24.3 Å². The summed E-state index contributed by atoms with van der Waals surface area (Å²) in [7, 11) is 0. The first kappa shape index (κ1) is 18.5. The minimum Gasteiger partial charge on any atom is -0.343 e.